The van der Waals surface area contributed by atoms with Crippen LogP contribution in [0.3, 0.4) is 0 Å². The van der Waals surface area contributed by atoms with E-state index in [4.69, 9.17) is 23.2 Å². The molecule has 29 heavy (non-hydrogen) atoms. The lowest BCUT2D eigenvalue weighted by Gasteiger charge is -2.25. The van der Waals surface area contributed by atoms with Crippen molar-refractivity contribution in [3.8, 4) is 16.9 Å². The summed E-state index contributed by atoms with van der Waals surface area (Å²) in [6.07, 6.45) is 1.31. The van der Waals surface area contributed by atoms with E-state index in [0.29, 0.717) is 5.56 Å². The highest BCUT2D eigenvalue weighted by atomic mass is 35.5. The smallest absolute Gasteiger partial charge is 0.268 e. The van der Waals surface area contributed by atoms with Crippen molar-refractivity contribution in [2.75, 3.05) is 10.8 Å². The number of phenolic OH excluding ortho intramolecular Hbond substituents is 1. The number of hydrogen-bond donors (Lipinski definition) is 1. The molecule has 0 atom stereocenters. The molecule has 0 aliphatic heterocycles. The average Bonchev–Trinajstić information content (AvgIpc) is 2.70. The van der Waals surface area contributed by atoms with Gasteiger partial charge in [-0.1, -0.05) is 65.7 Å². The summed E-state index contributed by atoms with van der Waals surface area (Å²) < 4.78 is 42.1. The number of anilines is 1. The highest BCUT2D eigenvalue weighted by Crippen LogP contribution is 2.38. The number of phenols is 1. The van der Waals surface area contributed by atoms with Gasteiger partial charge in [0, 0.05) is 5.02 Å². The van der Waals surface area contributed by atoms with E-state index in [-0.39, 0.29) is 22.3 Å². The average molecular weight is 452 g/mol. The van der Waals surface area contributed by atoms with E-state index in [1.54, 1.807) is 6.07 Å². The molecule has 1 N–H and O–H groups in total. The van der Waals surface area contributed by atoms with Gasteiger partial charge in [0.2, 0.25) is 0 Å². The molecule has 0 fully saturated rings. The first-order valence-electron chi connectivity index (χ1n) is 8.42. The number of hydrogen-bond acceptors (Lipinski definition) is 3. The van der Waals surface area contributed by atoms with Crippen LogP contribution in [0.4, 0.5) is 10.1 Å². The second kappa shape index (κ2) is 8.45. The first-order chi connectivity index (χ1) is 13.8. The van der Waals surface area contributed by atoms with Gasteiger partial charge >= 0.3 is 0 Å². The second-order valence-corrected chi connectivity index (χ2v) is 8.77. The minimum absolute atomic E-state index is 0.0171. The highest BCUT2D eigenvalue weighted by molar-refractivity contribution is 7.93. The van der Waals surface area contributed by atoms with Crippen molar-refractivity contribution in [1.82, 2.24) is 0 Å². The minimum atomic E-state index is -4.41. The SMILES string of the molecule is C=CCN(c1cc(-c2ccccc2)ccc1F)S(=O)(=O)c1cc(Cl)cc(Cl)c1O. The minimum Gasteiger partial charge on any atom is -0.505 e. The first kappa shape index (κ1) is 21.2. The highest BCUT2D eigenvalue weighted by Gasteiger charge is 2.30. The molecule has 0 spiro atoms. The fraction of sp³-hybridized carbons (Fsp3) is 0.0476. The maximum atomic E-state index is 14.7. The van der Waals surface area contributed by atoms with Crippen molar-refractivity contribution in [2.45, 2.75) is 4.90 Å². The largest absolute Gasteiger partial charge is 0.505 e. The summed E-state index contributed by atoms with van der Waals surface area (Å²) in [4.78, 5) is -0.527. The summed E-state index contributed by atoms with van der Waals surface area (Å²) in [5.74, 6) is -1.41. The van der Waals surface area contributed by atoms with Gasteiger partial charge in [0.15, 0.2) is 5.75 Å². The third-order valence-electron chi connectivity index (χ3n) is 4.18. The van der Waals surface area contributed by atoms with Gasteiger partial charge < -0.3 is 5.11 Å². The Kier molecular flexibility index (Phi) is 6.17. The van der Waals surface area contributed by atoms with Gasteiger partial charge in [-0.2, -0.15) is 0 Å². The van der Waals surface area contributed by atoms with Gasteiger partial charge in [-0.25, -0.2) is 12.8 Å². The van der Waals surface area contributed by atoms with Crippen molar-refractivity contribution in [1.29, 1.82) is 0 Å². The van der Waals surface area contributed by atoms with Crippen LogP contribution in [0.5, 0.6) is 5.75 Å². The van der Waals surface area contributed by atoms with E-state index in [0.717, 1.165) is 15.9 Å². The molecule has 0 amide bonds. The van der Waals surface area contributed by atoms with Crippen molar-refractivity contribution in [3.05, 3.63) is 89.2 Å². The van der Waals surface area contributed by atoms with Crippen LogP contribution in [-0.4, -0.2) is 20.1 Å². The monoisotopic (exact) mass is 451 g/mol. The van der Waals surface area contributed by atoms with Gasteiger partial charge in [0.05, 0.1) is 17.3 Å². The predicted octanol–water partition coefficient (Wildman–Crippen LogP) is 5.89. The molecule has 0 saturated heterocycles. The third-order valence-corrected chi connectivity index (χ3v) is 6.48. The van der Waals surface area contributed by atoms with Crippen LogP contribution >= 0.6 is 23.2 Å². The van der Waals surface area contributed by atoms with Gasteiger partial charge in [-0.05, 0) is 35.4 Å². The summed E-state index contributed by atoms with van der Waals surface area (Å²) >= 11 is 11.8. The molecule has 0 heterocycles. The number of halogens is 3. The lowest BCUT2D eigenvalue weighted by molar-refractivity contribution is 0.459. The summed E-state index contributed by atoms with van der Waals surface area (Å²) in [7, 11) is -4.41. The van der Waals surface area contributed by atoms with Gasteiger partial charge in [-0.15, -0.1) is 6.58 Å². The Balaban J connectivity index is 2.20. The van der Waals surface area contributed by atoms with Crippen LogP contribution in [0, 0.1) is 5.82 Å². The molecule has 8 heteroatoms. The number of sulfonamides is 1. The molecule has 150 valence electrons. The first-order valence-corrected chi connectivity index (χ1v) is 10.6. The maximum absolute atomic E-state index is 14.7. The summed E-state index contributed by atoms with van der Waals surface area (Å²) in [5.41, 5.74) is 1.22. The second-order valence-electron chi connectivity index (χ2n) is 6.09. The summed E-state index contributed by atoms with van der Waals surface area (Å²) in [5, 5.41) is 10.00. The van der Waals surface area contributed by atoms with E-state index < -0.39 is 26.5 Å². The topological polar surface area (TPSA) is 57.6 Å². The summed E-state index contributed by atoms with van der Waals surface area (Å²) in [6, 6.07) is 15.6. The molecule has 0 aliphatic carbocycles. The normalized spacial score (nSPS) is 11.3. The molecule has 3 aromatic carbocycles. The number of aromatic hydroxyl groups is 1. The van der Waals surface area contributed by atoms with Crippen LogP contribution < -0.4 is 4.31 Å². The predicted molar refractivity (Wildman–Crippen MR) is 115 cm³/mol. The summed E-state index contributed by atoms with van der Waals surface area (Å²) in [6.45, 7) is 3.32. The van der Waals surface area contributed by atoms with Crippen molar-refractivity contribution >= 4 is 38.9 Å². The molecule has 0 aromatic heterocycles. The molecule has 0 saturated carbocycles. The van der Waals surface area contributed by atoms with E-state index in [2.05, 4.69) is 6.58 Å². The Morgan fingerprint density at radius 3 is 2.38 bits per heavy atom. The van der Waals surface area contributed by atoms with Crippen LogP contribution in [0.15, 0.2) is 78.2 Å². The zero-order chi connectivity index (χ0) is 21.2. The van der Waals surface area contributed by atoms with Gasteiger partial charge in [0.1, 0.15) is 10.7 Å². The molecule has 0 aliphatic rings. The third kappa shape index (κ3) is 4.24. The molecular weight excluding hydrogens is 436 g/mol. The molecule has 0 radical (unpaired) electrons. The van der Waals surface area contributed by atoms with Gasteiger partial charge in [-0.3, -0.25) is 4.31 Å². The number of benzene rings is 3. The quantitative estimate of drug-likeness (QED) is 0.475. The van der Waals surface area contributed by atoms with E-state index >= 15 is 0 Å². The van der Waals surface area contributed by atoms with Crippen molar-refractivity contribution < 1.29 is 17.9 Å². The Morgan fingerprint density at radius 2 is 1.72 bits per heavy atom. The molecule has 0 bridgehead atoms. The molecule has 4 nitrogen and oxygen atoms in total. The van der Waals surface area contributed by atoms with Crippen molar-refractivity contribution in [3.63, 3.8) is 0 Å². The van der Waals surface area contributed by atoms with Gasteiger partial charge in [0.25, 0.3) is 10.0 Å². The standard InChI is InChI=1S/C21H16Cl2FNO3S/c1-2-10-25(29(27,28)20-13-16(22)12-17(23)21(20)26)19-11-15(8-9-18(19)24)14-6-4-3-5-7-14/h2-9,11-13,26H,1,10H2. The van der Waals surface area contributed by atoms with Crippen LogP contribution in [-0.2, 0) is 10.0 Å². The fourth-order valence-electron chi connectivity index (χ4n) is 2.81. The fourth-order valence-corrected chi connectivity index (χ4v) is 5.00. The van der Waals surface area contributed by atoms with Crippen LogP contribution in [0.1, 0.15) is 0 Å². The van der Waals surface area contributed by atoms with E-state index in [9.17, 15) is 17.9 Å². The molecule has 3 aromatic rings. The lowest BCUT2D eigenvalue weighted by atomic mass is 10.1. The Hall–Kier alpha value is -2.54. The Bertz CT molecular complexity index is 1170. The number of nitrogens with zero attached hydrogens (tertiary/aromatic N) is 1. The zero-order valence-corrected chi connectivity index (χ0v) is 17.3. The van der Waals surface area contributed by atoms with E-state index in [1.165, 1.54) is 24.3 Å². The maximum Gasteiger partial charge on any atom is 0.268 e. The Morgan fingerprint density at radius 1 is 1.03 bits per heavy atom. The molecule has 3 rings (SSSR count). The number of rotatable bonds is 6. The Labute approximate surface area is 178 Å². The zero-order valence-electron chi connectivity index (χ0n) is 15.0. The van der Waals surface area contributed by atoms with Crippen LogP contribution in [0.2, 0.25) is 10.0 Å². The lowest BCUT2D eigenvalue weighted by Crippen LogP contribution is -2.32. The van der Waals surface area contributed by atoms with Crippen LogP contribution in [0.25, 0.3) is 11.1 Å². The van der Waals surface area contributed by atoms with E-state index in [1.807, 2.05) is 30.3 Å². The molecule has 0 unspecified atom stereocenters. The van der Waals surface area contributed by atoms with Crippen molar-refractivity contribution in [2.24, 2.45) is 0 Å². The molecular formula is C21H16Cl2FNO3S.